The SMILES string of the molecule is O=C1C2C=C(I)C(CC2OCCCCO)[C@]12CO2. The number of carbonyl (C=O) groups is 1. The van der Waals surface area contributed by atoms with Crippen molar-refractivity contribution in [3.8, 4) is 0 Å². The van der Waals surface area contributed by atoms with Gasteiger partial charge in [0, 0.05) is 19.1 Å². The lowest BCUT2D eigenvalue weighted by molar-refractivity contribution is -0.140. The van der Waals surface area contributed by atoms with Gasteiger partial charge in [0.05, 0.1) is 18.6 Å². The van der Waals surface area contributed by atoms with Crippen molar-refractivity contribution in [1.29, 1.82) is 0 Å². The smallest absolute Gasteiger partial charge is 0.177 e. The lowest BCUT2D eigenvalue weighted by Crippen LogP contribution is -2.53. The Balaban J connectivity index is 1.65. The molecule has 2 bridgehead atoms. The van der Waals surface area contributed by atoms with Crippen LogP contribution in [0.2, 0.25) is 0 Å². The molecule has 0 aromatic rings. The monoisotopic (exact) mass is 364 g/mol. The third kappa shape index (κ3) is 1.95. The Bertz CT molecular complexity index is 388. The van der Waals surface area contributed by atoms with Crippen molar-refractivity contribution in [2.75, 3.05) is 19.8 Å². The number of halogens is 1. The minimum absolute atomic E-state index is 0.00883. The number of carbonyl (C=O) groups excluding carboxylic acids is 1. The molecule has 1 aliphatic heterocycles. The van der Waals surface area contributed by atoms with Gasteiger partial charge in [-0.3, -0.25) is 4.79 Å². The van der Waals surface area contributed by atoms with E-state index < -0.39 is 5.60 Å². The van der Waals surface area contributed by atoms with Gasteiger partial charge in [0.15, 0.2) is 11.4 Å². The first-order valence-electron chi connectivity index (χ1n) is 6.47. The molecule has 0 radical (unpaired) electrons. The van der Waals surface area contributed by atoms with Crippen molar-refractivity contribution in [3.63, 3.8) is 0 Å². The Hall–Kier alpha value is 0.0200. The van der Waals surface area contributed by atoms with Gasteiger partial charge in [0.2, 0.25) is 0 Å². The molecule has 1 saturated heterocycles. The van der Waals surface area contributed by atoms with E-state index in [1.54, 1.807) is 0 Å². The van der Waals surface area contributed by atoms with Crippen LogP contribution < -0.4 is 0 Å². The molecule has 100 valence electrons. The summed E-state index contributed by atoms with van der Waals surface area (Å²) in [7, 11) is 0. The predicted molar refractivity (Wildman–Crippen MR) is 73.4 cm³/mol. The van der Waals surface area contributed by atoms with Crippen LogP contribution in [0.3, 0.4) is 0 Å². The topological polar surface area (TPSA) is 59.1 Å². The van der Waals surface area contributed by atoms with Crippen molar-refractivity contribution in [2.45, 2.75) is 31.0 Å². The molecule has 1 spiro atoms. The number of hydrogen-bond acceptors (Lipinski definition) is 4. The Labute approximate surface area is 120 Å². The van der Waals surface area contributed by atoms with Gasteiger partial charge >= 0.3 is 0 Å². The minimum Gasteiger partial charge on any atom is -0.396 e. The van der Waals surface area contributed by atoms with Crippen molar-refractivity contribution in [2.24, 2.45) is 11.8 Å². The maximum atomic E-state index is 12.3. The van der Waals surface area contributed by atoms with E-state index in [9.17, 15) is 4.79 Å². The number of epoxide rings is 1. The average molecular weight is 364 g/mol. The van der Waals surface area contributed by atoms with Gasteiger partial charge in [0.25, 0.3) is 0 Å². The van der Waals surface area contributed by atoms with Crippen LogP contribution in [0.25, 0.3) is 0 Å². The van der Waals surface area contributed by atoms with Crippen LogP contribution in [0.5, 0.6) is 0 Å². The van der Waals surface area contributed by atoms with E-state index in [2.05, 4.69) is 28.7 Å². The molecule has 1 saturated carbocycles. The van der Waals surface area contributed by atoms with E-state index in [0.717, 1.165) is 19.3 Å². The third-order valence-electron chi connectivity index (χ3n) is 4.16. The maximum absolute atomic E-state index is 12.3. The molecule has 5 heteroatoms. The Morgan fingerprint density at radius 1 is 1.56 bits per heavy atom. The van der Waals surface area contributed by atoms with Crippen LogP contribution in [-0.4, -0.2) is 42.4 Å². The summed E-state index contributed by atoms with van der Waals surface area (Å²) in [6.45, 7) is 1.42. The van der Waals surface area contributed by atoms with Crippen LogP contribution in [0.1, 0.15) is 19.3 Å². The number of ether oxygens (including phenoxy) is 2. The first kappa shape index (κ1) is 13.0. The van der Waals surface area contributed by atoms with E-state index in [4.69, 9.17) is 14.6 Å². The quantitative estimate of drug-likeness (QED) is 0.456. The van der Waals surface area contributed by atoms with Gasteiger partial charge in [0.1, 0.15) is 0 Å². The Morgan fingerprint density at radius 2 is 2.33 bits per heavy atom. The van der Waals surface area contributed by atoms with Crippen LogP contribution >= 0.6 is 22.6 Å². The zero-order chi connectivity index (χ0) is 12.8. The van der Waals surface area contributed by atoms with Crippen molar-refractivity contribution >= 4 is 28.4 Å². The highest BCUT2D eigenvalue weighted by atomic mass is 127. The molecule has 2 fully saturated rings. The molecule has 3 unspecified atom stereocenters. The summed E-state index contributed by atoms with van der Waals surface area (Å²) in [5, 5.41) is 8.73. The standard InChI is InChI=1S/C13H17IO4/c14-10-5-8-11(17-4-2-1-3-15)6-9(10)13(7-18-13)12(8)16/h5,8-9,11,15H,1-4,6-7H2/t8?,9?,11?,13-/m1/s1. The van der Waals surface area contributed by atoms with Crippen LogP contribution in [-0.2, 0) is 14.3 Å². The summed E-state index contributed by atoms with van der Waals surface area (Å²) in [4.78, 5) is 12.3. The molecule has 3 aliphatic carbocycles. The van der Waals surface area contributed by atoms with Crippen molar-refractivity contribution in [1.82, 2.24) is 0 Å². The zero-order valence-electron chi connectivity index (χ0n) is 10.1. The third-order valence-corrected chi connectivity index (χ3v) is 5.27. The normalized spacial score (nSPS) is 41.3. The number of ketones is 1. The number of fused-ring (bicyclic) bond motifs is 1. The first-order chi connectivity index (χ1) is 8.69. The van der Waals surface area contributed by atoms with E-state index in [1.807, 2.05) is 0 Å². The molecule has 0 amide bonds. The fourth-order valence-electron chi connectivity index (χ4n) is 3.04. The van der Waals surface area contributed by atoms with Crippen LogP contribution in [0, 0.1) is 11.8 Å². The Kier molecular flexibility index (Phi) is 3.51. The van der Waals surface area contributed by atoms with Crippen molar-refractivity contribution in [3.05, 3.63) is 9.66 Å². The summed E-state index contributed by atoms with van der Waals surface area (Å²) in [6.07, 6.45) is 4.57. The Morgan fingerprint density at radius 3 is 3.00 bits per heavy atom. The van der Waals surface area contributed by atoms with Gasteiger partial charge in [-0.05, 0) is 45.4 Å². The second kappa shape index (κ2) is 4.85. The lowest BCUT2D eigenvalue weighted by atomic mass is 9.66. The second-order valence-electron chi connectivity index (χ2n) is 5.25. The second-order valence-corrected chi connectivity index (χ2v) is 6.49. The molecule has 1 N–H and O–H groups in total. The summed E-state index contributed by atoms with van der Waals surface area (Å²) >= 11 is 2.33. The van der Waals surface area contributed by atoms with Gasteiger partial charge in [-0.15, -0.1) is 0 Å². The number of rotatable bonds is 5. The highest BCUT2D eigenvalue weighted by Crippen LogP contribution is 2.55. The molecular weight excluding hydrogens is 347 g/mol. The van der Waals surface area contributed by atoms with Crippen LogP contribution in [0.4, 0.5) is 0 Å². The number of unbranched alkanes of at least 4 members (excludes halogenated alkanes) is 1. The van der Waals surface area contributed by atoms with Gasteiger partial charge in [-0.2, -0.15) is 0 Å². The average Bonchev–Trinajstić information content (AvgIpc) is 3.14. The molecule has 4 rings (SSSR count). The largest absolute Gasteiger partial charge is 0.396 e. The highest BCUT2D eigenvalue weighted by molar-refractivity contribution is 14.1. The molecule has 0 aromatic carbocycles. The molecule has 1 heterocycles. The molecule has 4 nitrogen and oxygen atoms in total. The van der Waals surface area contributed by atoms with E-state index in [-0.39, 0.29) is 30.3 Å². The predicted octanol–water partition coefficient (Wildman–Crippen LogP) is 1.45. The number of hydrogen-bond donors (Lipinski definition) is 1. The fraction of sp³-hybridized carbons (Fsp3) is 0.769. The zero-order valence-corrected chi connectivity index (χ0v) is 12.3. The van der Waals surface area contributed by atoms with Crippen molar-refractivity contribution < 1.29 is 19.4 Å². The molecule has 4 aliphatic rings. The first-order valence-corrected chi connectivity index (χ1v) is 7.55. The molecule has 4 atom stereocenters. The number of Topliss-reactive ketones (excluding diaryl/α,β-unsaturated/α-hetero) is 1. The summed E-state index contributed by atoms with van der Waals surface area (Å²) in [6, 6.07) is 0. The highest BCUT2D eigenvalue weighted by Gasteiger charge is 2.66. The maximum Gasteiger partial charge on any atom is 0.177 e. The molecular formula is C13H17IO4. The molecule has 18 heavy (non-hydrogen) atoms. The van der Waals surface area contributed by atoms with E-state index in [1.165, 1.54) is 3.58 Å². The number of aliphatic hydroxyl groups is 1. The molecule has 0 aromatic heterocycles. The fourth-order valence-corrected chi connectivity index (χ4v) is 4.18. The number of aliphatic hydroxyl groups excluding tert-OH is 1. The van der Waals surface area contributed by atoms with E-state index >= 15 is 0 Å². The van der Waals surface area contributed by atoms with E-state index in [0.29, 0.717) is 13.2 Å². The van der Waals surface area contributed by atoms with Crippen LogP contribution in [0.15, 0.2) is 9.66 Å². The minimum atomic E-state index is -0.485. The summed E-state index contributed by atoms with van der Waals surface area (Å²) in [5.74, 6) is 0.295. The summed E-state index contributed by atoms with van der Waals surface area (Å²) in [5.41, 5.74) is -0.485. The lowest BCUT2D eigenvalue weighted by Gasteiger charge is -2.42. The van der Waals surface area contributed by atoms with Gasteiger partial charge < -0.3 is 14.6 Å². The summed E-state index contributed by atoms with van der Waals surface area (Å²) < 4.78 is 12.5. The van der Waals surface area contributed by atoms with Gasteiger partial charge in [-0.25, -0.2) is 0 Å². The van der Waals surface area contributed by atoms with Gasteiger partial charge in [-0.1, -0.05) is 6.08 Å².